The van der Waals surface area contributed by atoms with Crippen molar-refractivity contribution in [3.8, 4) is 0 Å². The first kappa shape index (κ1) is 12.1. The Morgan fingerprint density at radius 2 is 2.27 bits per heavy atom. The highest BCUT2D eigenvalue weighted by molar-refractivity contribution is 6.31. The maximum Gasteiger partial charge on any atom is 0.120 e. The lowest BCUT2D eigenvalue weighted by atomic mass is 10.1. The van der Waals surface area contributed by atoms with Gasteiger partial charge in [-0.1, -0.05) is 17.7 Å². The van der Waals surface area contributed by atoms with Crippen molar-refractivity contribution in [2.24, 2.45) is 0 Å². The van der Waals surface area contributed by atoms with Crippen LogP contribution in [0.1, 0.15) is 25.3 Å². The summed E-state index contributed by atoms with van der Waals surface area (Å²) in [4.78, 5) is 10.2. The summed E-state index contributed by atoms with van der Waals surface area (Å²) >= 11 is 6.01. The monoisotopic (exact) mass is 225 g/mol. The van der Waals surface area contributed by atoms with E-state index in [0.29, 0.717) is 6.42 Å². The van der Waals surface area contributed by atoms with E-state index in [-0.39, 0.29) is 6.04 Å². The Balaban J connectivity index is 2.56. The zero-order valence-electron chi connectivity index (χ0n) is 9.09. The van der Waals surface area contributed by atoms with Gasteiger partial charge in [0.25, 0.3) is 0 Å². The van der Waals surface area contributed by atoms with Crippen LogP contribution >= 0.6 is 11.6 Å². The zero-order chi connectivity index (χ0) is 11.3. The van der Waals surface area contributed by atoms with Crippen molar-refractivity contribution < 1.29 is 4.79 Å². The Morgan fingerprint density at radius 1 is 1.53 bits per heavy atom. The van der Waals surface area contributed by atoms with Crippen LogP contribution in [0.3, 0.4) is 0 Å². The lowest BCUT2D eigenvalue weighted by Gasteiger charge is -2.14. The molecule has 1 aromatic carbocycles. The predicted octanol–water partition coefficient (Wildman–Crippen LogP) is 3.43. The molecule has 0 fully saturated rings. The van der Waals surface area contributed by atoms with E-state index in [1.165, 1.54) is 0 Å². The number of rotatable bonds is 5. The molecule has 0 saturated carbocycles. The van der Waals surface area contributed by atoms with E-state index in [2.05, 4.69) is 12.2 Å². The molecule has 2 nitrogen and oxygen atoms in total. The fourth-order valence-electron chi connectivity index (χ4n) is 1.36. The maximum atomic E-state index is 10.2. The molecule has 0 aliphatic carbocycles. The minimum atomic E-state index is 0.286. The van der Waals surface area contributed by atoms with Crippen molar-refractivity contribution in [2.75, 3.05) is 5.32 Å². The molecule has 1 atom stereocenters. The van der Waals surface area contributed by atoms with Gasteiger partial charge in [0.2, 0.25) is 0 Å². The van der Waals surface area contributed by atoms with E-state index in [9.17, 15) is 4.79 Å². The number of halogens is 1. The number of hydrogen-bond acceptors (Lipinski definition) is 2. The lowest BCUT2D eigenvalue weighted by Crippen LogP contribution is -2.14. The molecule has 82 valence electrons. The Bertz CT molecular complexity index is 338. The molecule has 1 unspecified atom stereocenters. The number of aldehydes is 1. The van der Waals surface area contributed by atoms with Crippen molar-refractivity contribution in [3.63, 3.8) is 0 Å². The van der Waals surface area contributed by atoms with Crippen LogP contribution in [0.4, 0.5) is 5.69 Å². The standard InChI is InChI=1S/C12H16ClNO/c1-9-5-6-11(8-12(9)13)14-10(2)4-3-7-15/h5-8,10,14H,3-4H2,1-2H3. The average Bonchev–Trinajstić information content (AvgIpc) is 2.20. The zero-order valence-corrected chi connectivity index (χ0v) is 9.84. The quantitative estimate of drug-likeness (QED) is 0.778. The fourth-order valence-corrected chi connectivity index (χ4v) is 1.54. The Labute approximate surface area is 95.6 Å². The van der Waals surface area contributed by atoms with Crippen LogP contribution in [0.15, 0.2) is 18.2 Å². The van der Waals surface area contributed by atoms with Crippen LogP contribution in [0.25, 0.3) is 0 Å². The van der Waals surface area contributed by atoms with E-state index in [1.54, 1.807) is 0 Å². The van der Waals surface area contributed by atoms with E-state index in [4.69, 9.17) is 11.6 Å². The molecule has 15 heavy (non-hydrogen) atoms. The number of carbonyl (C=O) groups is 1. The summed E-state index contributed by atoms with van der Waals surface area (Å²) in [5.41, 5.74) is 2.08. The molecule has 0 aromatic heterocycles. The van der Waals surface area contributed by atoms with Crippen LogP contribution in [0.5, 0.6) is 0 Å². The summed E-state index contributed by atoms with van der Waals surface area (Å²) in [6.07, 6.45) is 2.38. The fraction of sp³-hybridized carbons (Fsp3) is 0.417. The molecule has 1 rings (SSSR count). The van der Waals surface area contributed by atoms with Gasteiger partial charge in [-0.05, 0) is 38.0 Å². The smallest absolute Gasteiger partial charge is 0.120 e. The second-order valence-electron chi connectivity index (χ2n) is 3.75. The molecule has 0 radical (unpaired) electrons. The molecule has 0 saturated heterocycles. The third-order valence-electron chi connectivity index (χ3n) is 2.30. The highest BCUT2D eigenvalue weighted by Crippen LogP contribution is 2.20. The first-order valence-corrected chi connectivity index (χ1v) is 5.47. The molecule has 0 heterocycles. The number of nitrogens with one attached hydrogen (secondary N) is 1. The molecule has 0 bridgehead atoms. The Morgan fingerprint density at radius 3 is 2.87 bits per heavy atom. The number of benzene rings is 1. The number of anilines is 1. The summed E-state index contributed by atoms with van der Waals surface area (Å²) in [6, 6.07) is 6.18. The van der Waals surface area contributed by atoms with Crippen LogP contribution in [0, 0.1) is 6.92 Å². The predicted molar refractivity (Wildman–Crippen MR) is 64.6 cm³/mol. The normalized spacial score (nSPS) is 12.2. The lowest BCUT2D eigenvalue weighted by molar-refractivity contribution is -0.107. The van der Waals surface area contributed by atoms with Gasteiger partial charge in [-0.15, -0.1) is 0 Å². The summed E-state index contributed by atoms with van der Waals surface area (Å²) in [5, 5.41) is 4.07. The SMILES string of the molecule is Cc1ccc(NC(C)CCC=O)cc1Cl. The summed E-state index contributed by atoms with van der Waals surface area (Å²) < 4.78 is 0. The van der Waals surface area contributed by atoms with Crippen LogP contribution in [0.2, 0.25) is 5.02 Å². The average molecular weight is 226 g/mol. The van der Waals surface area contributed by atoms with Gasteiger partial charge >= 0.3 is 0 Å². The topological polar surface area (TPSA) is 29.1 Å². The molecule has 0 spiro atoms. The van der Waals surface area contributed by atoms with E-state index in [0.717, 1.165) is 29.0 Å². The minimum Gasteiger partial charge on any atom is -0.383 e. The third-order valence-corrected chi connectivity index (χ3v) is 2.71. The van der Waals surface area contributed by atoms with Crippen LogP contribution in [-0.2, 0) is 4.79 Å². The molecule has 1 aromatic rings. The minimum absolute atomic E-state index is 0.286. The van der Waals surface area contributed by atoms with Gasteiger partial charge in [-0.25, -0.2) is 0 Å². The van der Waals surface area contributed by atoms with E-state index >= 15 is 0 Å². The van der Waals surface area contributed by atoms with Gasteiger partial charge in [0.1, 0.15) is 6.29 Å². The Kier molecular flexibility index (Phi) is 4.63. The first-order valence-electron chi connectivity index (χ1n) is 5.10. The van der Waals surface area contributed by atoms with Crippen LogP contribution < -0.4 is 5.32 Å². The van der Waals surface area contributed by atoms with Crippen LogP contribution in [-0.4, -0.2) is 12.3 Å². The highest BCUT2D eigenvalue weighted by Gasteiger charge is 2.02. The number of carbonyl (C=O) groups excluding carboxylic acids is 1. The molecule has 0 aliphatic rings. The Hall–Kier alpha value is -1.02. The van der Waals surface area contributed by atoms with Crippen molar-refractivity contribution in [3.05, 3.63) is 28.8 Å². The van der Waals surface area contributed by atoms with E-state index < -0.39 is 0 Å². The molecule has 1 N–H and O–H groups in total. The van der Waals surface area contributed by atoms with Gasteiger partial charge in [0.05, 0.1) is 0 Å². The van der Waals surface area contributed by atoms with Crippen molar-refractivity contribution in [1.29, 1.82) is 0 Å². The molecular formula is C12H16ClNO. The van der Waals surface area contributed by atoms with Crippen molar-refractivity contribution in [2.45, 2.75) is 32.7 Å². The highest BCUT2D eigenvalue weighted by atomic mass is 35.5. The van der Waals surface area contributed by atoms with Gasteiger partial charge < -0.3 is 10.1 Å². The van der Waals surface area contributed by atoms with E-state index in [1.807, 2.05) is 25.1 Å². The maximum absolute atomic E-state index is 10.2. The molecular weight excluding hydrogens is 210 g/mol. The van der Waals surface area contributed by atoms with Gasteiger partial charge in [-0.2, -0.15) is 0 Å². The summed E-state index contributed by atoms with van der Waals surface area (Å²) in [6.45, 7) is 4.03. The molecule has 0 aliphatic heterocycles. The summed E-state index contributed by atoms with van der Waals surface area (Å²) in [5.74, 6) is 0. The van der Waals surface area contributed by atoms with Gasteiger partial charge in [-0.3, -0.25) is 0 Å². The second kappa shape index (κ2) is 5.76. The first-order chi connectivity index (χ1) is 7.13. The van der Waals surface area contributed by atoms with Crippen molar-refractivity contribution in [1.82, 2.24) is 0 Å². The third kappa shape index (κ3) is 3.92. The summed E-state index contributed by atoms with van der Waals surface area (Å²) in [7, 11) is 0. The number of aryl methyl sites for hydroxylation is 1. The largest absolute Gasteiger partial charge is 0.383 e. The second-order valence-corrected chi connectivity index (χ2v) is 4.16. The van der Waals surface area contributed by atoms with Crippen molar-refractivity contribution >= 4 is 23.6 Å². The van der Waals surface area contributed by atoms with Gasteiger partial charge in [0, 0.05) is 23.2 Å². The molecule has 3 heteroatoms. The number of hydrogen-bond donors (Lipinski definition) is 1. The van der Waals surface area contributed by atoms with Gasteiger partial charge in [0.15, 0.2) is 0 Å². The molecule has 0 amide bonds.